The summed E-state index contributed by atoms with van der Waals surface area (Å²) in [7, 11) is 0.0994. The summed E-state index contributed by atoms with van der Waals surface area (Å²) in [6, 6.07) is 0. The zero-order valence-electron chi connectivity index (χ0n) is 8.41. The second-order valence-electron chi connectivity index (χ2n) is 3.74. The molecule has 0 amide bonds. The fourth-order valence-corrected chi connectivity index (χ4v) is 5.89. The van der Waals surface area contributed by atoms with Gasteiger partial charge in [0.05, 0.1) is 0 Å². The van der Waals surface area contributed by atoms with Crippen LogP contribution >= 0.6 is 0 Å². The van der Waals surface area contributed by atoms with Gasteiger partial charge in [0, 0.05) is 21.1 Å². The predicted octanol–water partition coefficient (Wildman–Crippen LogP) is 1.92. The maximum absolute atomic E-state index is 3.84. The van der Waals surface area contributed by atoms with Gasteiger partial charge in [0.15, 0.2) is 8.96 Å². The molecule has 0 N–H and O–H groups in total. The van der Waals surface area contributed by atoms with Crippen LogP contribution in [0.15, 0.2) is 24.6 Å². The van der Waals surface area contributed by atoms with Crippen molar-refractivity contribution in [2.75, 3.05) is 7.05 Å². The van der Waals surface area contributed by atoms with Gasteiger partial charge in [-0.2, -0.15) is 0 Å². The minimum absolute atomic E-state index is 0. The van der Waals surface area contributed by atoms with E-state index in [0.29, 0.717) is 0 Å². The molecule has 0 spiro atoms. The van der Waals surface area contributed by atoms with Crippen LogP contribution in [0.3, 0.4) is 0 Å². The molecule has 0 saturated carbocycles. The Balaban J connectivity index is 0. The maximum atomic E-state index is 3.84. The molecule has 0 aliphatic heterocycles. The fourth-order valence-electron chi connectivity index (χ4n) is 0.860. The van der Waals surface area contributed by atoms with Gasteiger partial charge in [-0.05, 0) is 7.05 Å². The third-order valence-corrected chi connectivity index (χ3v) is 9.18. The molecule has 0 aromatic heterocycles. The number of hydrogen-bond acceptors (Lipinski definition) is 1. The molecule has 0 aromatic rings. The predicted molar refractivity (Wildman–Crippen MR) is 58.7 cm³/mol. The Morgan fingerprint density at radius 1 is 1.17 bits per heavy atom. The van der Waals surface area contributed by atoms with E-state index in [1.165, 1.54) is 0 Å². The van der Waals surface area contributed by atoms with Crippen LogP contribution in [0.25, 0.3) is 0 Å². The molecule has 0 aliphatic rings. The third kappa shape index (κ3) is 4.55. The molecule has 0 atom stereocenters. The van der Waals surface area contributed by atoms with Gasteiger partial charge in [-0.1, -0.05) is 31.0 Å². The first kappa shape index (κ1) is 15.1. The van der Waals surface area contributed by atoms with Gasteiger partial charge in [-0.25, -0.2) is 0 Å². The van der Waals surface area contributed by atoms with Crippen LogP contribution in [-0.2, 0) is 21.1 Å². The van der Waals surface area contributed by atoms with Gasteiger partial charge in [0.1, 0.15) is 8.24 Å². The van der Waals surface area contributed by atoms with Crippen molar-refractivity contribution in [3.63, 3.8) is 0 Å². The van der Waals surface area contributed by atoms with Crippen LogP contribution in [0.5, 0.6) is 0 Å². The van der Waals surface area contributed by atoms with Crippen molar-refractivity contribution in [3.05, 3.63) is 24.6 Å². The molecule has 0 heterocycles. The molecule has 0 rings (SSSR count). The van der Waals surface area contributed by atoms with Crippen LogP contribution in [-0.4, -0.2) is 28.5 Å². The van der Waals surface area contributed by atoms with Gasteiger partial charge in [-0.15, -0.1) is 13.2 Å². The van der Waals surface area contributed by atoms with Crippen molar-refractivity contribution in [3.8, 4) is 0 Å². The van der Waals surface area contributed by atoms with E-state index in [1.54, 1.807) is 0 Å². The molecule has 1 nitrogen and oxygen atoms in total. The Kier molecular flexibility index (Phi) is 7.63. The van der Waals surface area contributed by atoms with Gasteiger partial charge in [0.2, 0.25) is 0 Å². The van der Waals surface area contributed by atoms with Crippen LogP contribution in [0, 0.1) is 0 Å². The summed E-state index contributed by atoms with van der Waals surface area (Å²) in [5.74, 6) is 0. The largest absolute Gasteiger partial charge is 0.345 e. The molecule has 0 aromatic carbocycles. The average molecular weight is 380 g/mol. The van der Waals surface area contributed by atoms with E-state index >= 15 is 0 Å². The molecule has 74 valence electrons. The van der Waals surface area contributed by atoms with Crippen LogP contribution < -0.4 is 0 Å². The SMILES string of the molecule is C=C[SiH](C=C)N(C)[Si](C)(C)C.[Pt]. The van der Waals surface area contributed by atoms with Crippen LogP contribution in [0.2, 0.25) is 19.6 Å². The van der Waals surface area contributed by atoms with Crippen LogP contribution in [0.1, 0.15) is 0 Å². The van der Waals surface area contributed by atoms with Gasteiger partial charge in [-0.3, -0.25) is 0 Å². The first-order valence-corrected chi connectivity index (χ1v) is 9.21. The molecule has 0 aliphatic carbocycles. The molecular formula is C8H19NPtSi2. The van der Waals surface area contributed by atoms with Gasteiger partial charge < -0.3 is 4.23 Å². The minimum Gasteiger partial charge on any atom is -0.345 e. The van der Waals surface area contributed by atoms with E-state index < -0.39 is 17.2 Å². The monoisotopic (exact) mass is 380 g/mol. The fraction of sp³-hybridized carbons (Fsp3) is 0.500. The molecule has 12 heavy (non-hydrogen) atoms. The molecule has 0 fully saturated rings. The first-order valence-electron chi connectivity index (χ1n) is 3.91. The smallest absolute Gasteiger partial charge is 0.153 e. The van der Waals surface area contributed by atoms with E-state index in [0.717, 1.165) is 0 Å². The Morgan fingerprint density at radius 2 is 1.50 bits per heavy atom. The summed E-state index contributed by atoms with van der Waals surface area (Å²) in [4.78, 5) is 0. The van der Waals surface area contributed by atoms with Crippen molar-refractivity contribution >= 4 is 17.2 Å². The summed E-state index contributed by atoms with van der Waals surface area (Å²) in [5, 5.41) is 0. The molecule has 0 unspecified atom stereocenters. The van der Waals surface area contributed by atoms with E-state index in [9.17, 15) is 0 Å². The van der Waals surface area contributed by atoms with Crippen molar-refractivity contribution in [1.82, 2.24) is 4.23 Å². The van der Waals surface area contributed by atoms with Crippen LogP contribution in [0.4, 0.5) is 0 Å². The Morgan fingerprint density at radius 3 is 1.58 bits per heavy atom. The number of nitrogens with zero attached hydrogens (tertiary/aromatic N) is 1. The van der Waals surface area contributed by atoms with Crippen molar-refractivity contribution in [2.45, 2.75) is 19.6 Å². The normalized spacial score (nSPS) is 11.2. The standard InChI is InChI=1S/C8H19NSi2.Pt/c1-7-10(8-2)9(3)11(4,5)6;/h7-8,10H,1-2H2,3-6H3;. The van der Waals surface area contributed by atoms with Crippen molar-refractivity contribution in [2.24, 2.45) is 0 Å². The number of rotatable bonds is 4. The zero-order valence-corrected chi connectivity index (χ0v) is 12.8. The zero-order chi connectivity index (χ0) is 9.07. The quantitative estimate of drug-likeness (QED) is 0.674. The number of hydrogen-bond donors (Lipinski definition) is 0. The summed E-state index contributed by atoms with van der Waals surface area (Å²) in [6.45, 7) is 14.7. The van der Waals surface area contributed by atoms with E-state index in [2.05, 4.69) is 55.5 Å². The summed E-state index contributed by atoms with van der Waals surface area (Å²) in [6.07, 6.45) is 0. The first-order chi connectivity index (χ1) is 4.93. The summed E-state index contributed by atoms with van der Waals surface area (Å²) >= 11 is 0. The Hall–Kier alpha value is 0.562. The van der Waals surface area contributed by atoms with E-state index in [-0.39, 0.29) is 21.1 Å². The Labute approximate surface area is 93.6 Å². The summed E-state index contributed by atoms with van der Waals surface area (Å²) < 4.78 is 2.51. The second-order valence-corrected chi connectivity index (χ2v) is 12.0. The molecule has 4 heteroatoms. The summed E-state index contributed by atoms with van der Waals surface area (Å²) in [5.41, 5.74) is 4.15. The molecule has 0 radical (unpaired) electrons. The van der Waals surface area contributed by atoms with E-state index in [4.69, 9.17) is 0 Å². The topological polar surface area (TPSA) is 3.24 Å². The minimum atomic E-state index is -1.11. The molecule has 0 saturated heterocycles. The molecule has 0 bridgehead atoms. The van der Waals surface area contributed by atoms with Crippen molar-refractivity contribution < 1.29 is 21.1 Å². The maximum Gasteiger partial charge on any atom is 0.153 e. The van der Waals surface area contributed by atoms with E-state index in [1.807, 2.05) is 0 Å². The Bertz CT molecular complexity index is 146. The average Bonchev–Trinajstić information content (AvgIpc) is 1.88. The van der Waals surface area contributed by atoms with Gasteiger partial charge >= 0.3 is 0 Å². The third-order valence-electron chi connectivity index (χ3n) is 1.99. The van der Waals surface area contributed by atoms with Crippen molar-refractivity contribution in [1.29, 1.82) is 0 Å². The molecular weight excluding hydrogens is 361 g/mol. The second kappa shape index (κ2) is 6.08. The van der Waals surface area contributed by atoms with Gasteiger partial charge in [0.25, 0.3) is 0 Å².